The van der Waals surface area contributed by atoms with Gasteiger partial charge in [-0.1, -0.05) is 6.42 Å². The number of hydrogen-bond donors (Lipinski definition) is 1. The summed E-state index contributed by atoms with van der Waals surface area (Å²) in [6, 6.07) is 1.66. The lowest BCUT2D eigenvalue weighted by molar-refractivity contribution is -0.151. The van der Waals surface area contributed by atoms with Gasteiger partial charge in [0.2, 0.25) is 5.91 Å². The monoisotopic (exact) mass is 267 g/mol. The van der Waals surface area contributed by atoms with E-state index >= 15 is 0 Å². The van der Waals surface area contributed by atoms with E-state index in [9.17, 15) is 9.59 Å². The van der Waals surface area contributed by atoms with Crippen LogP contribution in [0.5, 0.6) is 0 Å². The highest BCUT2D eigenvalue weighted by Gasteiger charge is 2.30. The average Bonchev–Trinajstić information content (AvgIpc) is 2.40. The highest BCUT2D eigenvalue weighted by Crippen LogP contribution is 2.17. The van der Waals surface area contributed by atoms with Crippen molar-refractivity contribution in [2.45, 2.75) is 38.6 Å². The van der Waals surface area contributed by atoms with E-state index in [2.05, 4.69) is 5.32 Å². The van der Waals surface area contributed by atoms with Crippen molar-refractivity contribution in [1.29, 1.82) is 5.26 Å². The number of esters is 1. The normalized spacial score (nSPS) is 19.5. The summed E-state index contributed by atoms with van der Waals surface area (Å²) in [5, 5.41) is 11.1. The zero-order chi connectivity index (χ0) is 14.1. The third kappa shape index (κ3) is 5.26. The Morgan fingerprint density at radius 1 is 1.47 bits per heavy atom. The lowest BCUT2D eigenvalue weighted by atomic mass is 10.0. The molecule has 0 saturated carbocycles. The van der Waals surface area contributed by atoms with Crippen LogP contribution >= 0.6 is 0 Å². The molecule has 106 valence electrons. The summed E-state index contributed by atoms with van der Waals surface area (Å²) in [5.74, 6) is -0.390. The smallest absolute Gasteiger partial charge is 0.323 e. The summed E-state index contributed by atoms with van der Waals surface area (Å²) in [7, 11) is 0. The number of rotatable bonds is 6. The standard InChI is InChI=1S/C13H21N3O3/c1-2-19-13(18)11-6-3-4-9-16(11)10-12(17)15-8-5-7-14/h11H,2-6,8-10H2,1H3,(H,15,17). The maximum Gasteiger partial charge on any atom is 0.323 e. The number of nitriles is 1. The molecule has 6 heteroatoms. The van der Waals surface area contributed by atoms with Crippen molar-refractivity contribution in [2.75, 3.05) is 26.2 Å². The van der Waals surface area contributed by atoms with Crippen molar-refractivity contribution < 1.29 is 14.3 Å². The van der Waals surface area contributed by atoms with E-state index in [0.29, 0.717) is 19.6 Å². The van der Waals surface area contributed by atoms with Crippen molar-refractivity contribution in [3.63, 3.8) is 0 Å². The number of nitrogens with one attached hydrogen (secondary N) is 1. The second-order valence-electron chi connectivity index (χ2n) is 4.49. The highest BCUT2D eigenvalue weighted by molar-refractivity contribution is 5.80. The summed E-state index contributed by atoms with van der Waals surface area (Å²) >= 11 is 0. The molecule has 1 unspecified atom stereocenters. The molecule has 0 radical (unpaired) electrons. The minimum absolute atomic E-state index is 0.147. The number of piperidine rings is 1. The molecule has 0 aromatic rings. The molecule has 1 saturated heterocycles. The number of likely N-dealkylation sites (tertiary alicyclic amines) is 1. The number of nitrogens with zero attached hydrogens (tertiary/aromatic N) is 2. The fourth-order valence-electron chi connectivity index (χ4n) is 2.18. The van der Waals surface area contributed by atoms with Gasteiger partial charge < -0.3 is 10.1 Å². The molecule has 0 aromatic carbocycles. The van der Waals surface area contributed by atoms with Crippen LogP contribution in [0.3, 0.4) is 0 Å². The minimum Gasteiger partial charge on any atom is -0.465 e. The summed E-state index contributed by atoms with van der Waals surface area (Å²) in [4.78, 5) is 25.4. The number of amides is 1. The van der Waals surface area contributed by atoms with Crippen LogP contribution in [0.1, 0.15) is 32.6 Å². The quantitative estimate of drug-likeness (QED) is 0.557. The van der Waals surface area contributed by atoms with Crippen molar-refractivity contribution in [1.82, 2.24) is 10.2 Å². The molecule has 0 aromatic heterocycles. The van der Waals surface area contributed by atoms with E-state index in [1.54, 1.807) is 6.92 Å². The number of carbonyl (C=O) groups excluding carboxylic acids is 2. The predicted octanol–water partition coefficient (Wildman–Crippen LogP) is 0.434. The zero-order valence-electron chi connectivity index (χ0n) is 11.4. The van der Waals surface area contributed by atoms with E-state index in [-0.39, 0.29) is 24.5 Å². The molecule has 1 aliphatic heterocycles. The first-order valence-electron chi connectivity index (χ1n) is 6.73. The third-order valence-electron chi connectivity index (χ3n) is 3.08. The van der Waals surface area contributed by atoms with Crippen LogP contribution < -0.4 is 5.32 Å². The molecule has 1 rings (SSSR count). The van der Waals surface area contributed by atoms with E-state index in [1.165, 1.54) is 0 Å². The Hall–Kier alpha value is -1.61. The number of hydrogen-bond acceptors (Lipinski definition) is 5. The van der Waals surface area contributed by atoms with Crippen LogP contribution in [-0.4, -0.2) is 49.1 Å². The Labute approximate surface area is 113 Å². The molecule has 1 atom stereocenters. The summed E-state index contributed by atoms with van der Waals surface area (Å²) < 4.78 is 5.04. The second kappa shape index (κ2) is 8.48. The van der Waals surface area contributed by atoms with E-state index in [4.69, 9.17) is 10.00 Å². The van der Waals surface area contributed by atoms with Crippen LogP contribution in [0.4, 0.5) is 0 Å². The number of carbonyl (C=O) groups is 2. The average molecular weight is 267 g/mol. The molecular weight excluding hydrogens is 246 g/mol. The lowest BCUT2D eigenvalue weighted by Gasteiger charge is -2.33. The van der Waals surface area contributed by atoms with Crippen LogP contribution in [0.15, 0.2) is 0 Å². The molecule has 0 spiro atoms. The Balaban J connectivity index is 2.46. The Morgan fingerprint density at radius 3 is 2.95 bits per heavy atom. The topological polar surface area (TPSA) is 82.4 Å². The maximum absolute atomic E-state index is 11.8. The molecule has 19 heavy (non-hydrogen) atoms. The lowest BCUT2D eigenvalue weighted by Crippen LogP contribution is -2.49. The maximum atomic E-state index is 11.8. The Bertz CT molecular complexity index is 352. The van der Waals surface area contributed by atoms with Gasteiger partial charge in [-0.25, -0.2) is 0 Å². The Kier molecular flexibility index (Phi) is 6.90. The van der Waals surface area contributed by atoms with Gasteiger partial charge in [0, 0.05) is 6.54 Å². The molecule has 1 heterocycles. The third-order valence-corrected chi connectivity index (χ3v) is 3.08. The van der Waals surface area contributed by atoms with Crippen molar-refractivity contribution in [3.05, 3.63) is 0 Å². The molecule has 0 aliphatic carbocycles. The molecular formula is C13H21N3O3. The van der Waals surface area contributed by atoms with Crippen molar-refractivity contribution >= 4 is 11.9 Å². The van der Waals surface area contributed by atoms with Gasteiger partial charge >= 0.3 is 5.97 Å². The molecule has 1 amide bonds. The fourth-order valence-corrected chi connectivity index (χ4v) is 2.18. The summed E-state index contributed by atoms with van der Waals surface area (Å²) in [5.41, 5.74) is 0. The van der Waals surface area contributed by atoms with Gasteiger partial charge in [0.25, 0.3) is 0 Å². The second-order valence-corrected chi connectivity index (χ2v) is 4.49. The molecule has 1 fully saturated rings. The van der Waals surface area contributed by atoms with Crippen LogP contribution in [0, 0.1) is 11.3 Å². The molecule has 0 bridgehead atoms. The zero-order valence-corrected chi connectivity index (χ0v) is 11.4. The first-order valence-corrected chi connectivity index (χ1v) is 6.73. The molecule has 1 N–H and O–H groups in total. The SMILES string of the molecule is CCOC(=O)C1CCCCN1CC(=O)NCCC#N. The first kappa shape index (κ1) is 15.4. The van der Waals surface area contributed by atoms with E-state index in [0.717, 1.165) is 25.8 Å². The van der Waals surface area contributed by atoms with Gasteiger partial charge in [-0.15, -0.1) is 0 Å². The molecule has 1 aliphatic rings. The van der Waals surface area contributed by atoms with Gasteiger partial charge in [0.15, 0.2) is 0 Å². The summed E-state index contributed by atoms with van der Waals surface area (Å²) in [6.45, 7) is 3.41. The first-order chi connectivity index (χ1) is 9.19. The summed E-state index contributed by atoms with van der Waals surface area (Å²) in [6.07, 6.45) is 3.01. The van der Waals surface area contributed by atoms with Gasteiger partial charge in [-0.05, 0) is 26.3 Å². The largest absolute Gasteiger partial charge is 0.465 e. The van der Waals surface area contributed by atoms with Gasteiger partial charge in [0.1, 0.15) is 6.04 Å². The van der Waals surface area contributed by atoms with Crippen molar-refractivity contribution in [2.24, 2.45) is 0 Å². The Morgan fingerprint density at radius 2 is 2.26 bits per heavy atom. The highest BCUT2D eigenvalue weighted by atomic mass is 16.5. The van der Waals surface area contributed by atoms with Gasteiger partial charge in [0.05, 0.1) is 25.6 Å². The van der Waals surface area contributed by atoms with Crippen LogP contribution in [0.25, 0.3) is 0 Å². The van der Waals surface area contributed by atoms with Crippen LogP contribution in [-0.2, 0) is 14.3 Å². The number of ether oxygens (including phenoxy) is 1. The van der Waals surface area contributed by atoms with E-state index < -0.39 is 0 Å². The fraction of sp³-hybridized carbons (Fsp3) is 0.769. The van der Waals surface area contributed by atoms with Gasteiger partial charge in [-0.3, -0.25) is 14.5 Å². The van der Waals surface area contributed by atoms with Crippen molar-refractivity contribution in [3.8, 4) is 6.07 Å². The van der Waals surface area contributed by atoms with E-state index in [1.807, 2.05) is 11.0 Å². The van der Waals surface area contributed by atoms with Gasteiger partial charge in [-0.2, -0.15) is 5.26 Å². The predicted molar refractivity (Wildman–Crippen MR) is 69.1 cm³/mol. The minimum atomic E-state index is -0.310. The molecule has 6 nitrogen and oxygen atoms in total. The van der Waals surface area contributed by atoms with Crippen LogP contribution in [0.2, 0.25) is 0 Å².